The van der Waals surface area contributed by atoms with Crippen molar-refractivity contribution in [1.82, 2.24) is 0 Å². The number of allylic oxidation sites excluding steroid dienone is 1. The fourth-order valence-electron chi connectivity index (χ4n) is 3.64. The fraction of sp³-hybridized carbons (Fsp3) is 0.250. The highest BCUT2D eigenvalue weighted by Crippen LogP contribution is 2.38. The van der Waals surface area contributed by atoms with Gasteiger partial charge in [-0.05, 0) is 51.0 Å². The van der Waals surface area contributed by atoms with Gasteiger partial charge in [-0.25, -0.2) is 4.79 Å². The second-order valence-electron chi connectivity index (χ2n) is 6.97. The van der Waals surface area contributed by atoms with Gasteiger partial charge in [0.2, 0.25) is 0 Å². The summed E-state index contributed by atoms with van der Waals surface area (Å²) in [6.45, 7) is 8.29. The predicted octanol–water partition coefficient (Wildman–Crippen LogP) is 4.86. The van der Waals surface area contributed by atoms with Crippen LogP contribution in [0.25, 0.3) is 27.3 Å². The summed E-state index contributed by atoms with van der Waals surface area (Å²) in [6, 6.07) is 10.1. The molecule has 0 saturated heterocycles. The Labute approximate surface area is 134 Å². The first-order chi connectivity index (χ1) is 10.9. The lowest BCUT2D eigenvalue weighted by molar-refractivity contribution is 0.569. The van der Waals surface area contributed by atoms with Gasteiger partial charge in [-0.15, -0.1) is 0 Å². The van der Waals surface area contributed by atoms with Gasteiger partial charge in [-0.3, -0.25) is 0 Å². The van der Waals surface area contributed by atoms with E-state index in [4.69, 9.17) is 4.42 Å². The van der Waals surface area contributed by atoms with Crippen molar-refractivity contribution in [3.8, 4) is 0 Å². The summed E-state index contributed by atoms with van der Waals surface area (Å²) >= 11 is 0. The molecule has 3 heteroatoms. The Balaban J connectivity index is 2.18. The lowest BCUT2D eigenvalue weighted by atomic mass is 9.88. The van der Waals surface area contributed by atoms with Crippen LogP contribution in [0.1, 0.15) is 31.9 Å². The number of fused-ring (bicyclic) bond motifs is 5. The molecule has 0 saturated carbocycles. The summed E-state index contributed by atoms with van der Waals surface area (Å²) < 4.78 is 5.61. The third-order valence-electron chi connectivity index (χ3n) is 4.47. The zero-order chi connectivity index (χ0) is 16.4. The Morgan fingerprint density at radius 3 is 2.57 bits per heavy atom. The van der Waals surface area contributed by atoms with Crippen molar-refractivity contribution in [3.05, 3.63) is 58.0 Å². The molecule has 0 atom stereocenters. The first-order valence-electron chi connectivity index (χ1n) is 7.84. The maximum absolute atomic E-state index is 12.7. The maximum atomic E-state index is 12.7. The van der Waals surface area contributed by atoms with Gasteiger partial charge in [0.25, 0.3) is 0 Å². The molecule has 23 heavy (non-hydrogen) atoms. The molecule has 0 bridgehead atoms. The lowest BCUT2D eigenvalue weighted by Gasteiger charge is -2.31. The van der Waals surface area contributed by atoms with E-state index in [1.807, 2.05) is 31.2 Å². The number of hydrogen-bond acceptors (Lipinski definition) is 3. The summed E-state index contributed by atoms with van der Waals surface area (Å²) in [5.41, 5.74) is 4.38. The van der Waals surface area contributed by atoms with Crippen molar-refractivity contribution < 1.29 is 4.42 Å². The van der Waals surface area contributed by atoms with E-state index in [2.05, 4.69) is 38.2 Å². The molecule has 2 aromatic carbocycles. The average molecular weight is 305 g/mol. The minimum atomic E-state index is -0.274. The van der Waals surface area contributed by atoms with Crippen molar-refractivity contribution in [3.63, 3.8) is 0 Å². The summed E-state index contributed by atoms with van der Waals surface area (Å²) in [6.07, 6.45) is 2.16. The molecule has 116 valence electrons. The van der Waals surface area contributed by atoms with Gasteiger partial charge >= 0.3 is 5.63 Å². The van der Waals surface area contributed by atoms with Crippen molar-refractivity contribution in [2.75, 3.05) is 5.32 Å². The quantitative estimate of drug-likeness (QED) is 0.476. The normalized spacial score (nSPS) is 16.1. The highest BCUT2D eigenvalue weighted by atomic mass is 16.4. The second-order valence-corrected chi connectivity index (χ2v) is 6.97. The van der Waals surface area contributed by atoms with Gasteiger partial charge in [0.05, 0.1) is 10.9 Å². The van der Waals surface area contributed by atoms with Crippen molar-refractivity contribution >= 4 is 33.0 Å². The number of benzene rings is 2. The molecule has 0 fully saturated rings. The van der Waals surface area contributed by atoms with E-state index >= 15 is 0 Å². The minimum Gasteiger partial charge on any atom is -0.422 e. The predicted molar refractivity (Wildman–Crippen MR) is 96.1 cm³/mol. The Hall–Kier alpha value is -2.55. The molecular formula is C20H19NO2. The van der Waals surface area contributed by atoms with Gasteiger partial charge < -0.3 is 9.73 Å². The summed E-state index contributed by atoms with van der Waals surface area (Å²) in [5.74, 6) is 0. The van der Waals surface area contributed by atoms with Gasteiger partial charge in [0.15, 0.2) is 0 Å². The molecule has 1 N–H and O–H groups in total. The summed E-state index contributed by atoms with van der Waals surface area (Å²) in [5, 5.41) is 6.07. The Kier molecular flexibility index (Phi) is 2.74. The second kappa shape index (κ2) is 4.48. The van der Waals surface area contributed by atoms with Crippen LogP contribution in [0.5, 0.6) is 0 Å². The number of hydrogen-bond donors (Lipinski definition) is 1. The Morgan fingerprint density at radius 2 is 1.78 bits per heavy atom. The fourth-order valence-corrected chi connectivity index (χ4v) is 3.64. The largest absolute Gasteiger partial charge is 0.422 e. The van der Waals surface area contributed by atoms with E-state index in [-0.39, 0.29) is 11.2 Å². The average Bonchev–Trinajstić information content (AvgIpc) is 2.45. The molecule has 1 aliphatic rings. The third kappa shape index (κ3) is 2.07. The van der Waals surface area contributed by atoms with Crippen LogP contribution in [0.3, 0.4) is 0 Å². The van der Waals surface area contributed by atoms with Gasteiger partial charge in [0.1, 0.15) is 5.58 Å². The first-order valence-corrected chi connectivity index (χ1v) is 7.84. The molecule has 3 aromatic rings. The number of rotatable bonds is 0. The molecule has 4 rings (SSSR count). The van der Waals surface area contributed by atoms with Crippen LogP contribution >= 0.6 is 0 Å². The minimum absolute atomic E-state index is 0.126. The van der Waals surface area contributed by atoms with Crippen LogP contribution in [0, 0.1) is 6.92 Å². The monoisotopic (exact) mass is 305 g/mol. The number of aryl methyl sites for hydroxylation is 1. The van der Waals surface area contributed by atoms with Gasteiger partial charge in [-0.1, -0.05) is 24.3 Å². The molecule has 3 nitrogen and oxygen atoms in total. The number of anilines is 1. The molecule has 0 unspecified atom stereocenters. The smallest absolute Gasteiger partial charge is 0.344 e. The SMILES string of the molecule is CC1=CC(C)(C)Nc2ccc3c(c21)c(=O)oc1cc(C)ccc13. The van der Waals surface area contributed by atoms with Crippen LogP contribution in [0.15, 0.2) is 45.6 Å². The van der Waals surface area contributed by atoms with E-state index in [9.17, 15) is 4.79 Å². The zero-order valence-corrected chi connectivity index (χ0v) is 13.8. The summed E-state index contributed by atoms with van der Waals surface area (Å²) in [4.78, 5) is 12.7. The molecule has 0 aliphatic carbocycles. The van der Waals surface area contributed by atoms with Crippen molar-refractivity contribution in [2.45, 2.75) is 33.2 Å². The Bertz CT molecular complexity index is 1050. The Morgan fingerprint density at radius 1 is 1.04 bits per heavy atom. The molecule has 2 heterocycles. The molecule has 0 amide bonds. The molecule has 1 aromatic heterocycles. The zero-order valence-electron chi connectivity index (χ0n) is 13.8. The van der Waals surface area contributed by atoms with E-state index in [0.29, 0.717) is 11.0 Å². The highest BCUT2D eigenvalue weighted by Gasteiger charge is 2.25. The van der Waals surface area contributed by atoms with E-state index in [1.165, 1.54) is 0 Å². The van der Waals surface area contributed by atoms with Crippen molar-refractivity contribution in [2.24, 2.45) is 0 Å². The van der Waals surface area contributed by atoms with Gasteiger partial charge in [0, 0.05) is 22.0 Å². The number of nitrogens with one attached hydrogen (secondary N) is 1. The van der Waals surface area contributed by atoms with Gasteiger partial charge in [-0.2, -0.15) is 0 Å². The summed E-state index contributed by atoms with van der Waals surface area (Å²) in [7, 11) is 0. The van der Waals surface area contributed by atoms with E-state index in [1.54, 1.807) is 0 Å². The van der Waals surface area contributed by atoms with Crippen molar-refractivity contribution in [1.29, 1.82) is 0 Å². The first kappa shape index (κ1) is 14.1. The van der Waals surface area contributed by atoms with E-state index in [0.717, 1.165) is 33.2 Å². The molecule has 0 spiro atoms. The van der Waals surface area contributed by atoms with Crippen LogP contribution in [0.2, 0.25) is 0 Å². The van der Waals surface area contributed by atoms with Crippen LogP contribution in [0.4, 0.5) is 5.69 Å². The highest BCUT2D eigenvalue weighted by molar-refractivity contribution is 6.10. The molecular weight excluding hydrogens is 286 g/mol. The van der Waals surface area contributed by atoms with Crippen LogP contribution in [-0.2, 0) is 0 Å². The third-order valence-corrected chi connectivity index (χ3v) is 4.47. The van der Waals surface area contributed by atoms with Crippen LogP contribution < -0.4 is 10.9 Å². The molecule has 0 radical (unpaired) electrons. The van der Waals surface area contributed by atoms with E-state index < -0.39 is 0 Å². The maximum Gasteiger partial charge on any atom is 0.344 e. The standard InChI is InChI=1S/C20H19NO2/c1-11-5-6-13-14-7-8-15-17(12(2)10-20(3,4)21-15)18(14)19(22)23-16(13)9-11/h5-10,21H,1-4H3. The lowest BCUT2D eigenvalue weighted by Crippen LogP contribution is -2.31. The van der Waals surface area contributed by atoms with Crippen LogP contribution in [-0.4, -0.2) is 5.54 Å². The topological polar surface area (TPSA) is 42.2 Å². The molecule has 1 aliphatic heterocycles.